The Morgan fingerprint density at radius 3 is 2.70 bits per heavy atom. The third-order valence-corrected chi connectivity index (χ3v) is 5.93. The van der Waals surface area contributed by atoms with Crippen molar-refractivity contribution in [3.63, 3.8) is 0 Å². The van der Waals surface area contributed by atoms with Crippen LogP contribution >= 0.6 is 39.3 Å². The zero-order valence-corrected chi connectivity index (χ0v) is 18.8. The Morgan fingerprint density at radius 1 is 1.30 bits per heavy atom. The minimum atomic E-state index is -0.761. The van der Waals surface area contributed by atoms with Crippen molar-refractivity contribution in [2.24, 2.45) is 5.73 Å². The van der Waals surface area contributed by atoms with Crippen LogP contribution in [0.15, 0.2) is 45.8 Å². The lowest BCUT2D eigenvalue weighted by Gasteiger charge is -2.14. The van der Waals surface area contributed by atoms with Crippen molar-refractivity contribution < 1.29 is 23.9 Å². The summed E-state index contributed by atoms with van der Waals surface area (Å²) in [6.07, 6.45) is 1.54. The number of primary amides is 1. The number of ether oxygens (including phenoxy) is 2. The van der Waals surface area contributed by atoms with E-state index < -0.39 is 23.6 Å². The van der Waals surface area contributed by atoms with Crippen LogP contribution in [0.5, 0.6) is 11.5 Å². The van der Waals surface area contributed by atoms with Crippen LogP contribution < -0.4 is 15.2 Å². The Labute approximate surface area is 190 Å². The minimum Gasteiger partial charge on any atom is -0.493 e. The van der Waals surface area contributed by atoms with E-state index in [4.69, 9.17) is 26.8 Å². The predicted molar refractivity (Wildman–Crippen MR) is 118 cm³/mol. The summed E-state index contributed by atoms with van der Waals surface area (Å²) in [5, 5.41) is 0.0478. The zero-order chi connectivity index (χ0) is 21.8. The Kier molecular flexibility index (Phi) is 7.06. The number of carbonyl (C=O) groups is 3. The second-order valence-electron chi connectivity index (χ2n) is 6.15. The second kappa shape index (κ2) is 9.55. The number of thioether (sulfide) groups is 1. The van der Waals surface area contributed by atoms with Gasteiger partial charge in [0.05, 0.1) is 16.5 Å². The first-order valence-corrected chi connectivity index (χ1v) is 10.6. The highest BCUT2D eigenvalue weighted by atomic mass is 79.9. The van der Waals surface area contributed by atoms with Gasteiger partial charge in [-0.3, -0.25) is 19.3 Å². The first kappa shape index (κ1) is 22.2. The summed E-state index contributed by atoms with van der Waals surface area (Å²) in [5.41, 5.74) is 6.52. The minimum absolute atomic E-state index is 0.180. The van der Waals surface area contributed by atoms with Crippen molar-refractivity contribution in [2.75, 3.05) is 13.7 Å². The van der Waals surface area contributed by atoms with Gasteiger partial charge in [0.2, 0.25) is 5.91 Å². The van der Waals surface area contributed by atoms with E-state index in [1.54, 1.807) is 18.2 Å². The van der Waals surface area contributed by atoms with E-state index in [-0.39, 0.29) is 11.5 Å². The molecule has 0 unspecified atom stereocenters. The van der Waals surface area contributed by atoms with E-state index in [0.717, 1.165) is 22.2 Å². The number of methoxy groups -OCH3 is 1. The molecule has 0 radical (unpaired) electrons. The van der Waals surface area contributed by atoms with Gasteiger partial charge in [0.25, 0.3) is 11.1 Å². The van der Waals surface area contributed by atoms with E-state index in [9.17, 15) is 14.4 Å². The average molecular weight is 512 g/mol. The molecule has 0 spiro atoms. The first-order chi connectivity index (χ1) is 14.3. The third-order valence-electron chi connectivity index (χ3n) is 4.07. The van der Waals surface area contributed by atoms with Crippen molar-refractivity contribution in [3.8, 4) is 11.5 Å². The molecule has 10 heteroatoms. The summed E-state index contributed by atoms with van der Waals surface area (Å²) in [7, 11) is 1.49. The van der Waals surface area contributed by atoms with Gasteiger partial charge in [0, 0.05) is 10.6 Å². The van der Waals surface area contributed by atoms with Gasteiger partial charge in [-0.25, -0.2) is 0 Å². The van der Waals surface area contributed by atoms with Gasteiger partial charge < -0.3 is 15.2 Å². The molecule has 30 heavy (non-hydrogen) atoms. The topological polar surface area (TPSA) is 98.9 Å². The molecule has 156 valence electrons. The summed E-state index contributed by atoms with van der Waals surface area (Å²) in [5.74, 6) is -0.434. The monoisotopic (exact) mass is 510 g/mol. The lowest BCUT2D eigenvalue weighted by molar-refractivity contribution is -0.127. The molecule has 2 N–H and O–H groups in total. The maximum absolute atomic E-state index is 12.4. The molecule has 2 aromatic carbocycles. The number of hydrogen-bond acceptors (Lipinski definition) is 6. The molecule has 1 saturated heterocycles. The number of hydrogen-bond donors (Lipinski definition) is 1. The molecule has 7 nitrogen and oxygen atoms in total. The Morgan fingerprint density at radius 2 is 2.03 bits per heavy atom. The van der Waals surface area contributed by atoms with Crippen LogP contribution in [-0.2, 0) is 16.2 Å². The van der Waals surface area contributed by atoms with Crippen molar-refractivity contribution in [2.45, 2.75) is 6.61 Å². The smallest absolute Gasteiger partial charge is 0.294 e. The van der Waals surface area contributed by atoms with E-state index in [0.29, 0.717) is 26.6 Å². The van der Waals surface area contributed by atoms with E-state index >= 15 is 0 Å². The Balaban J connectivity index is 1.84. The van der Waals surface area contributed by atoms with Crippen LogP contribution in [0.3, 0.4) is 0 Å². The van der Waals surface area contributed by atoms with Gasteiger partial charge in [-0.2, -0.15) is 0 Å². The van der Waals surface area contributed by atoms with Crippen LogP contribution in [0.4, 0.5) is 4.79 Å². The number of halogens is 2. The van der Waals surface area contributed by atoms with E-state index in [1.807, 2.05) is 18.2 Å². The van der Waals surface area contributed by atoms with Crippen molar-refractivity contribution >= 4 is 62.4 Å². The fraction of sp³-hybridized carbons (Fsp3) is 0.150. The average Bonchev–Trinajstić information content (AvgIpc) is 2.95. The molecule has 3 rings (SSSR count). The van der Waals surface area contributed by atoms with Crippen LogP contribution in [0.25, 0.3) is 6.08 Å². The van der Waals surface area contributed by atoms with Gasteiger partial charge in [0.1, 0.15) is 13.2 Å². The maximum Gasteiger partial charge on any atom is 0.294 e. The molecule has 3 amide bonds. The lowest BCUT2D eigenvalue weighted by atomic mass is 10.1. The summed E-state index contributed by atoms with van der Waals surface area (Å²) in [6, 6.07) is 10.7. The van der Waals surface area contributed by atoms with Crippen molar-refractivity contribution in [1.82, 2.24) is 4.90 Å². The van der Waals surface area contributed by atoms with E-state index in [2.05, 4.69) is 15.9 Å². The number of nitrogens with zero attached hydrogens (tertiary/aromatic N) is 1. The van der Waals surface area contributed by atoms with Crippen molar-refractivity contribution in [3.05, 3.63) is 61.9 Å². The number of rotatable bonds is 7. The zero-order valence-electron chi connectivity index (χ0n) is 15.7. The summed E-state index contributed by atoms with van der Waals surface area (Å²) >= 11 is 10.4. The fourth-order valence-corrected chi connectivity index (χ4v) is 4.27. The van der Waals surface area contributed by atoms with Gasteiger partial charge in [-0.1, -0.05) is 29.8 Å². The molecule has 2 aromatic rings. The molecule has 0 saturated carbocycles. The SMILES string of the molecule is COc1cc(/C=C2\SC(=O)N(CC(N)=O)C2=O)cc(Br)c1OCc1ccccc1Cl. The predicted octanol–water partition coefficient (Wildman–Crippen LogP) is 4.21. The first-order valence-electron chi connectivity index (χ1n) is 8.57. The largest absolute Gasteiger partial charge is 0.493 e. The molecule has 1 heterocycles. The molecular weight excluding hydrogens is 496 g/mol. The molecule has 0 atom stereocenters. The van der Waals surface area contributed by atoms with Crippen LogP contribution in [-0.4, -0.2) is 35.6 Å². The highest BCUT2D eigenvalue weighted by Crippen LogP contribution is 2.39. The molecular formula is C20H16BrClN2O5S. The van der Waals surface area contributed by atoms with Crippen LogP contribution in [0, 0.1) is 0 Å². The van der Waals surface area contributed by atoms with Gasteiger partial charge in [-0.15, -0.1) is 0 Å². The van der Waals surface area contributed by atoms with Crippen LogP contribution in [0.1, 0.15) is 11.1 Å². The van der Waals surface area contributed by atoms with Gasteiger partial charge >= 0.3 is 0 Å². The molecule has 0 aliphatic carbocycles. The number of amides is 3. The molecule has 1 aliphatic heterocycles. The molecule has 1 fully saturated rings. The number of carbonyl (C=O) groups excluding carboxylic acids is 3. The normalized spacial score (nSPS) is 15.0. The summed E-state index contributed by atoms with van der Waals surface area (Å²) < 4.78 is 11.9. The lowest BCUT2D eigenvalue weighted by Crippen LogP contribution is -2.36. The summed E-state index contributed by atoms with van der Waals surface area (Å²) in [4.78, 5) is 36.4. The highest BCUT2D eigenvalue weighted by molar-refractivity contribution is 9.10. The maximum atomic E-state index is 12.4. The Hall–Kier alpha value is -2.49. The van der Waals surface area contributed by atoms with Gasteiger partial charge in [0.15, 0.2) is 11.5 Å². The summed E-state index contributed by atoms with van der Waals surface area (Å²) in [6.45, 7) is -0.218. The van der Waals surface area contributed by atoms with E-state index in [1.165, 1.54) is 13.2 Å². The van der Waals surface area contributed by atoms with Gasteiger partial charge in [-0.05, 0) is 57.5 Å². The number of nitrogens with two attached hydrogens (primary N) is 1. The second-order valence-corrected chi connectivity index (χ2v) is 8.40. The van der Waals surface area contributed by atoms with Crippen molar-refractivity contribution in [1.29, 1.82) is 0 Å². The Bertz CT molecular complexity index is 1060. The van der Waals surface area contributed by atoms with Crippen LogP contribution in [0.2, 0.25) is 5.02 Å². The fourth-order valence-electron chi connectivity index (χ4n) is 2.67. The molecule has 0 aromatic heterocycles. The standard InChI is InChI=1S/C20H16BrClN2O5S/c1-28-15-7-11(8-16-19(26)24(9-17(23)25)20(27)30-16)6-13(21)18(15)29-10-12-4-2-3-5-14(12)22/h2-8H,9-10H2,1H3,(H2,23,25)/b16-8-. The molecule has 1 aliphatic rings. The third kappa shape index (κ3) is 4.97. The quantitative estimate of drug-likeness (QED) is 0.559. The number of benzene rings is 2. The number of imide groups is 1. The molecule has 0 bridgehead atoms. The highest BCUT2D eigenvalue weighted by Gasteiger charge is 2.35.